The monoisotopic (exact) mass is 242 g/mol. The Morgan fingerprint density at radius 1 is 1.18 bits per heavy atom. The van der Waals surface area contributed by atoms with Gasteiger partial charge >= 0.3 is 0 Å². The van der Waals surface area contributed by atoms with Crippen LogP contribution in [0.1, 0.15) is 19.8 Å². The van der Waals surface area contributed by atoms with Crippen molar-refractivity contribution in [3.63, 3.8) is 0 Å². The van der Waals surface area contributed by atoms with Crippen molar-refractivity contribution in [2.24, 2.45) is 17.4 Å². The summed E-state index contributed by atoms with van der Waals surface area (Å²) >= 11 is 0. The Labute approximate surface area is 104 Å². The fourth-order valence-electron chi connectivity index (χ4n) is 2.15. The third-order valence-electron chi connectivity index (χ3n) is 3.41. The van der Waals surface area contributed by atoms with Crippen molar-refractivity contribution in [1.82, 2.24) is 9.80 Å². The van der Waals surface area contributed by atoms with Crippen LogP contribution in [0.4, 0.5) is 0 Å². The lowest BCUT2D eigenvalue weighted by Gasteiger charge is -2.35. The highest BCUT2D eigenvalue weighted by molar-refractivity contribution is 5.76. The van der Waals surface area contributed by atoms with Crippen molar-refractivity contribution in [3.05, 3.63) is 0 Å². The molecule has 17 heavy (non-hydrogen) atoms. The first kappa shape index (κ1) is 14.4. The summed E-state index contributed by atoms with van der Waals surface area (Å²) in [7, 11) is 0. The zero-order chi connectivity index (χ0) is 12.7. The third kappa shape index (κ3) is 5.48. The van der Waals surface area contributed by atoms with E-state index in [4.69, 9.17) is 11.5 Å². The van der Waals surface area contributed by atoms with Gasteiger partial charge in [0.2, 0.25) is 5.91 Å². The SMILES string of the molecule is CC(CN1CCN(CCCCN)CC1)C(N)=O. The van der Waals surface area contributed by atoms with E-state index >= 15 is 0 Å². The zero-order valence-electron chi connectivity index (χ0n) is 10.9. The van der Waals surface area contributed by atoms with Crippen LogP contribution in [0, 0.1) is 5.92 Å². The average molecular weight is 242 g/mol. The topological polar surface area (TPSA) is 75.6 Å². The molecular weight excluding hydrogens is 216 g/mol. The molecule has 0 radical (unpaired) electrons. The van der Waals surface area contributed by atoms with Gasteiger partial charge in [0.05, 0.1) is 0 Å². The lowest BCUT2D eigenvalue weighted by Crippen LogP contribution is -2.48. The van der Waals surface area contributed by atoms with Crippen LogP contribution in [0.3, 0.4) is 0 Å². The quantitative estimate of drug-likeness (QED) is 0.588. The van der Waals surface area contributed by atoms with Gasteiger partial charge in [-0.2, -0.15) is 0 Å². The molecule has 0 aromatic heterocycles. The van der Waals surface area contributed by atoms with Crippen LogP contribution in [0.5, 0.6) is 0 Å². The molecule has 0 saturated carbocycles. The molecule has 100 valence electrons. The van der Waals surface area contributed by atoms with Crippen LogP contribution in [0.2, 0.25) is 0 Å². The van der Waals surface area contributed by atoms with Crippen molar-refractivity contribution in [3.8, 4) is 0 Å². The molecule has 1 saturated heterocycles. The highest BCUT2D eigenvalue weighted by atomic mass is 16.1. The predicted molar refractivity (Wildman–Crippen MR) is 69.5 cm³/mol. The van der Waals surface area contributed by atoms with Crippen LogP contribution < -0.4 is 11.5 Å². The summed E-state index contributed by atoms with van der Waals surface area (Å²) in [6.07, 6.45) is 2.30. The van der Waals surface area contributed by atoms with E-state index in [-0.39, 0.29) is 11.8 Å². The summed E-state index contributed by atoms with van der Waals surface area (Å²) in [5.74, 6) is -0.242. The lowest BCUT2D eigenvalue weighted by molar-refractivity contribution is -0.122. The van der Waals surface area contributed by atoms with E-state index in [9.17, 15) is 4.79 Å². The summed E-state index contributed by atoms with van der Waals surface area (Å²) in [6, 6.07) is 0. The smallest absolute Gasteiger partial charge is 0.221 e. The molecule has 5 heteroatoms. The van der Waals surface area contributed by atoms with Gasteiger partial charge in [-0.15, -0.1) is 0 Å². The van der Waals surface area contributed by atoms with Gasteiger partial charge in [-0.25, -0.2) is 0 Å². The number of rotatable bonds is 7. The second kappa shape index (κ2) is 7.63. The molecule has 1 atom stereocenters. The van der Waals surface area contributed by atoms with Gasteiger partial charge in [0.15, 0.2) is 0 Å². The van der Waals surface area contributed by atoms with Crippen LogP contribution in [-0.2, 0) is 4.79 Å². The molecular formula is C12H26N4O. The lowest BCUT2D eigenvalue weighted by atomic mass is 10.1. The summed E-state index contributed by atoms with van der Waals surface area (Å²) < 4.78 is 0. The average Bonchev–Trinajstić information content (AvgIpc) is 2.31. The molecule has 1 heterocycles. The summed E-state index contributed by atoms with van der Waals surface area (Å²) in [6.45, 7) is 8.90. The molecule has 0 aliphatic carbocycles. The molecule has 0 aromatic carbocycles. The normalized spacial score (nSPS) is 20.4. The number of carbonyl (C=O) groups excluding carboxylic acids is 1. The number of hydrogen-bond donors (Lipinski definition) is 2. The van der Waals surface area contributed by atoms with Gasteiger partial charge in [0.25, 0.3) is 0 Å². The molecule has 4 N–H and O–H groups in total. The molecule has 0 spiro atoms. The van der Waals surface area contributed by atoms with E-state index in [1.165, 1.54) is 6.42 Å². The Balaban J connectivity index is 2.15. The van der Waals surface area contributed by atoms with Crippen molar-refractivity contribution in [2.75, 3.05) is 45.8 Å². The Kier molecular flexibility index (Phi) is 6.47. The number of primary amides is 1. The second-order valence-corrected chi connectivity index (χ2v) is 4.94. The second-order valence-electron chi connectivity index (χ2n) is 4.94. The van der Waals surface area contributed by atoms with Gasteiger partial charge in [-0.3, -0.25) is 4.79 Å². The first-order chi connectivity index (χ1) is 8.13. The maximum absolute atomic E-state index is 11.0. The summed E-state index contributed by atoms with van der Waals surface area (Å²) in [4.78, 5) is 15.8. The van der Waals surface area contributed by atoms with E-state index in [2.05, 4.69) is 9.80 Å². The van der Waals surface area contributed by atoms with Gasteiger partial charge in [-0.05, 0) is 25.9 Å². The van der Waals surface area contributed by atoms with E-state index in [0.717, 1.165) is 52.2 Å². The largest absolute Gasteiger partial charge is 0.369 e. The summed E-state index contributed by atoms with van der Waals surface area (Å²) in [5.41, 5.74) is 10.8. The van der Waals surface area contributed by atoms with Crippen LogP contribution in [0.15, 0.2) is 0 Å². The Hall–Kier alpha value is -0.650. The fraction of sp³-hybridized carbons (Fsp3) is 0.917. The van der Waals surface area contributed by atoms with E-state index in [1.807, 2.05) is 6.92 Å². The molecule has 1 aliphatic rings. The Morgan fingerprint density at radius 2 is 1.76 bits per heavy atom. The molecule has 0 bridgehead atoms. The fourth-order valence-corrected chi connectivity index (χ4v) is 2.15. The van der Waals surface area contributed by atoms with Crippen LogP contribution in [0.25, 0.3) is 0 Å². The zero-order valence-corrected chi connectivity index (χ0v) is 10.9. The molecule has 1 rings (SSSR count). The molecule has 0 aromatic rings. The van der Waals surface area contributed by atoms with Gasteiger partial charge in [0, 0.05) is 38.6 Å². The summed E-state index contributed by atoms with van der Waals surface area (Å²) in [5, 5.41) is 0. The van der Waals surface area contributed by atoms with Crippen molar-refractivity contribution in [1.29, 1.82) is 0 Å². The minimum atomic E-state index is -0.199. The van der Waals surface area contributed by atoms with Crippen molar-refractivity contribution < 1.29 is 4.79 Å². The first-order valence-electron chi connectivity index (χ1n) is 6.57. The maximum Gasteiger partial charge on any atom is 0.221 e. The Bertz CT molecular complexity index is 227. The standard InChI is InChI=1S/C12H26N4O/c1-11(12(14)17)10-16-8-6-15(7-9-16)5-3-2-4-13/h11H,2-10,13H2,1H3,(H2,14,17). The molecule has 1 amide bonds. The van der Waals surface area contributed by atoms with Crippen molar-refractivity contribution in [2.45, 2.75) is 19.8 Å². The van der Waals surface area contributed by atoms with E-state index in [1.54, 1.807) is 0 Å². The molecule has 1 fully saturated rings. The highest BCUT2D eigenvalue weighted by Crippen LogP contribution is 2.06. The number of nitrogens with zero attached hydrogens (tertiary/aromatic N) is 2. The number of amides is 1. The van der Waals surface area contributed by atoms with Gasteiger partial charge in [-0.1, -0.05) is 6.92 Å². The first-order valence-corrected chi connectivity index (χ1v) is 6.57. The highest BCUT2D eigenvalue weighted by Gasteiger charge is 2.19. The minimum Gasteiger partial charge on any atom is -0.369 e. The van der Waals surface area contributed by atoms with E-state index in [0.29, 0.717) is 0 Å². The number of unbranched alkanes of at least 4 members (excludes halogenated alkanes) is 1. The van der Waals surface area contributed by atoms with E-state index < -0.39 is 0 Å². The number of hydrogen-bond acceptors (Lipinski definition) is 4. The third-order valence-corrected chi connectivity index (χ3v) is 3.41. The molecule has 1 aliphatic heterocycles. The molecule has 5 nitrogen and oxygen atoms in total. The van der Waals surface area contributed by atoms with Crippen molar-refractivity contribution >= 4 is 5.91 Å². The molecule has 1 unspecified atom stereocenters. The maximum atomic E-state index is 11.0. The van der Waals surface area contributed by atoms with Gasteiger partial charge < -0.3 is 21.3 Å². The van der Waals surface area contributed by atoms with Crippen LogP contribution in [-0.4, -0.2) is 61.5 Å². The number of carbonyl (C=O) groups is 1. The van der Waals surface area contributed by atoms with Crippen LogP contribution >= 0.6 is 0 Å². The Morgan fingerprint density at radius 3 is 2.29 bits per heavy atom. The number of piperazine rings is 1. The predicted octanol–water partition coefficient (Wildman–Crippen LogP) is -0.536. The van der Waals surface area contributed by atoms with Gasteiger partial charge in [0.1, 0.15) is 0 Å². The minimum absolute atomic E-state index is 0.0428. The number of nitrogens with two attached hydrogens (primary N) is 2.